The van der Waals surface area contributed by atoms with Crippen molar-refractivity contribution in [1.82, 2.24) is 10.3 Å². The number of rotatable bonds is 2. The van der Waals surface area contributed by atoms with Gasteiger partial charge >= 0.3 is 0 Å². The Morgan fingerprint density at radius 2 is 2.00 bits per heavy atom. The Kier molecular flexibility index (Phi) is 3.49. The Morgan fingerprint density at radius 1 is 1.25 bits per heavy atom. The highest BCUT2D eigenvalue weighted by atomic mass is 16.1. The van der Waals surface area contributed by atoms with E-state index < -0.39 is 0 Å². The molecule has 0 spiro atoms. The van der Waals surface area contributed by atoms with E-state index in [0.29, 0.717) is 6.04 Å². The topological polar surface area (TPSA) is 70.9 Å². The second kappa shape index (κ2) is 5.29. The zero-order valence-corrected chi connectivity index (χ0v) is 11.8. The summed E-state index contributed by atoms with van der Waals surface area (Å²) in [6, 6.07) is 8.43. The molecular weight excluding hydrogens is 250 g/mol. The predicted molar refractivity (Wildman–Crippen MR) is 80.7 cm³/mol. The number of nitrogens with one attached hydrogen (secondary N) is 2. The SMILES string of the molecule is Cc1cc2cc(C(=O)NC3CCC(N)CC3)ccc2[nH]1. The van der Waals surface area contributed by atoms with Crippen LogP contribution in [-0.4, -0.2) is 23.0 Å². The lowest BCUT2D eigenvalue weighted by molar-refractivity contribution is 0.0926. The molecule has 2 aromatic rings. The van der Waals surface area contributed by atoms with E-state index >= 15 is 0 Å². The van der Waals surface area contributed by atoms with Gasteiger partial charge in [0.25, 0.3) is 5.91 Å². The second-order valence-electron chi connectivity index (χ2n) is 5.84. The largest absolute Gasteiger partial charge is 0.359 e. The van der Waals surface area contributed by atoms with E-state index in [1.165, 1.54) is 0 Å². The van der Waals surface area contributed by atoms with Crippen LogP contribution in [0.3, 0.4) is 0 Å². The zero-order valence-electron chi connectivity index (χ0n) is 11.8. The lowest BCUT2D eigenvalue weighted by Crippen LogP contribution is -2.40. The van der Waals surface area contributed by atoms with Crippen LogP contribution in [0.15, 0.2) is 24.3 Å². The Labute approximate surface area is 118 Å². The number of carbonyl (C=O) groups excluding carboxylic acids is 1. The van der Waals surface area contributed by atoms with E-state index in [0.717, 1.165) is 47.8 Å². The monoisotopic (exact) mass is 271 g/mol. The number of hydrogen-bond donors (Lipinski definition) is 3. The molecule has 1 aliphatic rings. The van der Waals surface area contributed by atoms with Gasteiger partial charge in [-0.1, -0.05) is 0 Å². The fraction of sp³-hybridized carbons (Fsp3) is 0.438. The second-order valence-corrected chi connectivity index (χ2v) is 5.84. The molecule has 0 aliphatic heterocycles. The smallest absolute Gasteiger partial charge is 0.251 e. The summed E-state index contributed by atoms with van der Waals surface area (Å²) in [6.07, 6.45) is 3.97. The molecule has 20 heavy (non-hydrogen) atoms. The number of carbonyl (C=O) groups is 1. The minimum Gasteiger partial charge on any atom is -0.359 e. The standard InChI is InChI=1S/C16H21N3O/c1-10-8-12-9-11(2-7-15(12)18-10)16(20)19-14-5-3-13(17)4-6-14/h2,7-9,13-14,18H,3-6,17H2,1H3,(H,19,20). The quantitative estimate of drug-likeness (QED) is 0.785. The van der Waals surface area contributed by atoms with Crippen molar-refractivity contribution in [3.63, 3.8) is 0 Å². The summed E-state index contributed by atoms with van der Waals surface area (Å²) in [6.45, 7) is 2.02. The van der Waals surface area contributed by atoms with Gasteiger partial charge in [0.2, 0.25) is 0 Å². The number of nitrogens with two attached hydrogens (primary N) is 1. The Balaban J connectivity index is 1.71. The summed E-state index contributed by atoms with van der Waals surface area (Å²) in [5, 5.41) is 4.21. The molecule has 1 aliphatic carbocycles. The fourth-order valence-corrected chi connectivity index (χ4v) is 2.95. The van der Waals surface area contributed by atoms with Crippen LogP contribution in [0.4, 0.5) is 0 Å². The molecule has 0 unspecified atom stereocenters. The lowest BCUT2D eigenvalue weighted by atomic mass is 9.91. The summed E-state index contributed by atoms with van der Waals surface area (Å²) < 4.78 is 0. The summed E-state index contributed by atoms with van der Waals surface area (Å²) in [7, 11) is 0. The molecule has 4 N–H and O–H groups in total. The minimum absolute atomic E-state index is 0.0197. The number of hydrogen-bond acceptors (Lipinski definition) is 2. The van der Waals surface area contributed by atoms with Gasteiger partial charge in [-0.25, -0.2) is 0 Å². The Bertz CT molecular complexity index is 624. The van der Waals surface area contributed by atoms with Crippen molar-refractivity contribution in [2.75, 3.05) is 0 Å². The molecule has 1 aromatic carbocycles. The van der Waals surface area contributed by atoms with E-state index in [-0.39, 0.29) is 11.9 Å². The van der Waals surface area contributed by atoms with Crippen molar-refractivity contribution >= 4 is 16.8 Å². The third-order valence-corrected chi connectivity index (χ3v) is 4.12. The van der Waals surface area contributed by atoms with Crippen molar-refractivity contribution in [2.45, 2.75) is 44.7 Å². The molecule has 0 radical (unpaired) electrons. The molecule has 1 heterocycles. The van der Waals surface area contributed by atoms with Gasteiger partial charge in [-0.3, -0.25) is 4.79 Å². The first-order valence-corrected chi connectivity index (χ1v) is 7.27. The first kappa shape index (κ1) is 13.2. The maximum atomic E-state index is 12.3. The average molecular weight is 271 g/mol. The van der Waals surface area contributed by atoms with E-state index in [2.05, 4.69) is 16.4 Å². The van der Waals surface area contributed by atoms with Gasteiger partial charge in [0, 0.05) is 34.2 Å². The minimum atomic E-state index is 0.0197. The van der Waals surface area contributed by atoms with Gasteiger partial charge in [-0.15, -0.1) is 0 Å². The van der Waals surface area contributed by atoms with Crippen LogP contribution < -0.4 is 11.1 Å². The molecule has 1 aromatic heterocycles. The van der Waals surface area contributed by atoms with E-state index in [4.69, 9.17) is 5.73 Å². The first-order valence-electron chi connectivity index (χ1n) is 7.27. The van der Waals surface area contributed by atoms with Gasteiger partial charge in [-0.05, 0) is 56.9 Å². The molecule has 1 fully saturated rings. The van der Waals surface area contributed by atoms with Crippen LogP contribution >= 0.6 is 0 Å². The van der Waals surface area contributed by atoms with Crippen LogP contribution in [0.25, 0.3) is 10.9 Å². The summed E-state index contributed by atoms with van der Waals surface area (Å²) in [5.74, 6) is 0.0197. The zero-order chi connectivity index (χ0) is 14.1. The van der Waals surface area contributed by atoms with Crippen molar-refractivity contribution in [2.24, 2.45) is 5.73 Å². The highest BCUT2D eigenvalue weighted by Crippen LogP contribution is 2.19. The third kappa shape index (κ3) is 2.70. The molecule has 0 saturated heterocycles. The molecule has 1 amide bonds. The van der Waals surface area contributed by atoms with E-state index in [1.54, 1.807) is 0 Å². The van der Waals surface area contributed by atoms with Gasteiger partial charge in [0.05, 0.1) is 0 Å². The van der Waals surface area contributed by atoms with Gasteiger partial charge in [-0.2, -0.15) is 0 Å². The van der Waals surface area contributed by atoms with Crippen molar-refractivity contribution in [3.8, 4) is 0 Å². The maximum absolute atomic E-state index is 12.3. The number of aromatic amines is 1. The Hall–Kier alpha value is -1.81. The molecule has 4 heteroatoms. The molecule has 106 valence electrons. The predicted octanol–water partition coefficient (Wildman–Crippen LogP) is 2.48. The molecule has 1 saturated carbocycles. The normalized spacial score (nSPS) is 22.9. The van der Waals surface area contributed by atoms with Gasteiger partial charge < -0.3 is 16.0 Å². The van der Waals surface area contributed by atoms with Crippen LogP contribution in [0.5, 0.6) is 0 Å². The summed E-state index contributed by atoms with van der Waals surface area (Å²) in [4.78, 5) is 15.6. The number of aromatic nitrogens is 1. The average Bonchev–Trinajstić information content (AvgIpc) is 2.80. The molecule has 3 rings (SSSR count). The summed E-state index contributed by atoms with van der Waals surface area (Å²) >= 11 is 0. The highest BCUT2D eigenvalue weighted by molar-refractivity contribution is 5.98. The fourth-order valence-electron chi connectivity index (χ4n) is 2.95. The van der Waals surface area contributed by atoms with E-state index in [1.807, 2.05) is 25.1 Å². The van der Waals surface area contributed by atoms with Gasteiger partial charge in [0.1, 0.15) is 0 Å². The number of H-pyrrole nitrogens is 1. The number of aryl methyl sites for hydroxylation is 1. The number of fused-ring (bicyclic) bond motifs is 1. The van der Waals surface area contributed by atoms with Gasteiger partial charge in [0.15, 0.2) is 0 Å². The maximum Gasteiger partial charge on any atom is 0.251 e. The van der Waals surface area contributed by atoms with Crippen LogP contribution in [0, 0.1) is 6.92 Å². The van der Waals surface area contributed by atoms with Crippen molar-refractivity contribution < 1.29 is 4.79 Å². The first-order chi connectivity index (χ1) is 9.61. The molecule has 0 atom stereocenters. The third-order valence-electron chi connectivity index (χ3n) is 4.12. The molecular formula is C16H21N3O. The number of amides is 1. The molecule has 4 nitrogen and oxygen atoms in total. The Morgan fingerprint density at radius 3 is 2.75 bits per heavy atom. The van der Waals surface area contributed by atoms with E-state index in [9.17, 15) is 4.79 Å². The van der Waals surface area contributed by atoms with Crippen LogP contribution in [0.1, 0.15) is 41.7 Å². The van der Waals surface area contributed by atoms with Crippen LogP contribution in [0.2, 0.25) is 0 Å². The van der Waals surface area contributed by atoms with Crippen molar-refractivity contribution in [3.05, 3.63) is 35.5 Å². The summed E-state index contributed by atoms with van der Waals surface area (Å²) in [5.41, 5.74) is 8.80. The van der Waals surface area contributed by atoms with Crippen molar-refractivity contribution in [1.29, 1.82) is 0 Å². The lowest BCUT2D eigenvalue weighted by Gasteiger charge is -2.26. The highest BCUT2D eigenvalue weighted by Gasteiger charge is 2.20. The molecule has 0 bridgehead atoms. The number of benzene rings is 1. The van der Waals surface area contributed by atoms with Crippen LogP contribution in [-0.2, 0) is 0 Å².